The van der Waals surface area contributed by atoms with Gasteiger partial charge in [0.25, 0.3) is 0 Å². The third-order valence-corrected chi connectivity index (χ3v) is 2.67. The number of nitro groups is 1. The van der Waals surface area contributed by atoms with Crippen LogP contribution < -0.4 is 10.6 Å². The van der Waals surface area contributed by atoms with Gasteiger partial charge in [0.05, 0.1) is 4.92 Å². The molecule has 2 rings (SSSR count). The van der Waals surface area contributed by atoms with Crippen LogP contribution >= 0.6 is 0 Å². The van der Waals surface area contributed by atoms with E-state index in [4.69, 9.17) is 5.73 Å². The molecule has 0 unspecified atom stereocenters. The van der Waals surface area contributed by atoms with E-state index in [9.17, 15) is 10.1 Å². The molecule has 7 nitrogen and oxygen atoms in total. The minimum atomic E-state index is -0.527. The molecule has 0 fully saturated rings. The lowest BCUT2D eigenvalue weighted by molar-refractivity contribution is -0.384. The smallest absolute Gasteiger partial charge is 0.330 e. The third-order valence-electron chi connectivity index (χ3n) is 2.67. The lowest BCUT2D eigenvalue weighted by atomic mass is 10.2. The Morgan fingerprint density at radius 2 is 2.16 bits per heavy atom. The number of nitrogen functional groups attached to an aromatic ring is 1. The molecule has 1 aromatic carbocycles. The van der Waals surface area contributed by atoms with Crippen LogP contribution in [-0.4, -0.2) is 21.9 Å². The van der Waals surface area contributed by atoms with E-state index in [1.165, 1.54) is 0 Å². The number of hydrogen-bond acceptors (Lipinski definition) is 6. The maximum absolute atomic E-state index is 11.0. The molecule has 1 aromatic heterocycles. The maximum atomic E-state index is 11.0. The molecular weight excluding hydrogens is 246 g/mol. The quantitative estimate of drug-likeness (QED) is 0.669. The van der Waals surface area contributed by atoms with Crippen LogP contribution in [0.3, 0.4) is 0 Å². The Balaban J connectivity index is 2.51. The van der Waals surface area contributed by atoms with E-state index in [1.807, 2.05) is 31.2 Å². The molecule has 0 radical (unpaired) electrons. The summed E-state index contributed by atoms with van der Waals surface area (Å²) < 4.78 is 0. The number of anilines is 3. The number of rotatable bonds is 3. The van der Waals surface area contributed by atoms with Crippen molar-refractivity contribution < 1.29 is 4.92 Å². The summed E-state index contributed by atoms with van der Waals surface area (Å²) in [5.74, 6) is 0.170. The highest BCUT2D eigenvalue weighted by molar-refractivity contribution is 5.68. The van der Waals surface area contributed by atoms with E-state index in [0.717, 1.165) is 17.4 Å². The zero-order chi connectivity index (χ0) is 14.0. The Kier molecular flexibility index (Phi) is 3.28. The Morgan fingerprint density at radius 3 is 2.79 bits per heavy atom. The van der Waals surface area contributed by atoms with Gasteiger partial charge in [0, 0.05) is 12.7 Å². The predicted molar refractivity (Wildman–Crippen MR) is 72.3 cm³/mol. The zero-order valence-electron chi connectivity index (χ0n) is 10.6. The third kappa shape index (κ3) is 2.59. The van der Waals surface area contributed by atoms with Crippen molar-refractivity contribution in [3.05, 3.63) is 46.1 Å². The second kappa shape index (κ2) is 4.89. The summed E-state index contributed by atoms with van der Waals surface area (Å²) in [4.78, 5) is 19.7. The SMILES string of the molecule is Cc1cccc(N(C)c2nc(N)ncc2[N+](=O)[O-])c1. The van der Waals surface area contributed by atoms with Gasteiger partial charge in [0.15, 0.2) is 0 Å². The average molecular weight is 259 g/mol. The molecule has 0 atom stereocenters. The van der Waals surface area contributed by atoms with Gasteiger partial charge in [-0.25, -0.2) is 4.98 Å². The number of benzene rings is 1. The van der Waals surface area contributed by atoms with Crippen LogP contribution in [-0.2, 0) is 0 Å². The molecule has 0 spiro atoms. The second-order valence-corrected chi connectivity index (χ2v) is 4.09. The Labute approximate surface area is 109 Å². The monoisotopic (exact) mass is 259 g/mol. The first kappa shape index (κ1) is 12.7. The largest absolute Gasteiger partial charge is 0.368 e. The number of aromatic nitrogens is 2. The van der Waals surface area contributed by atoms with Gasteiger partial charge in [-0.2, -0.15) is 4.98 Å². The van der Waals surface area contributed by atoms with E-state index in [-0.39, 0.29) is 17.5 Å². The molecule has 2 aromatic rings. The molecule has 1 heterocycles. The number of aryl methyl sites for hydroxylation is 1. The molecule has 98 valence electrons. The van der Waals surface area contributed by atoms with E-state index in [1.54, 1.807) is 11.9 Å². The number of hydrogen-bond donors (Lipinski definition) is 1. The van der Waals surface area contributed by atoms with Crippen LogP contribution in [0.5, 0.6) is 0 Å². The molecular formula is C12H13N5O2. The summed E-state index contributed by atoms with van der Waals surface area (Å²) >= 11 is 0. The maximum Gasteiger partial charge on any atom is 0.330 e. The first-order valence-corrected chi connectivity index (χ1v) is 5.56. The normalized spacial score (nSPS) is 10.2. The van der Waals surface area contributed by atoms with Crippen molar-refractivity contribution in [1.29, 1.82) is 0 Å². The Hall–Kier alpha value is -2.70. The molecule has 2 N–H and O–H groups in total. The predicted octanol–water partition coefficient (Wildman–Crippen LogP) is 2.04. The topological polar surface area (TPSA) is 98.2 Å². The van der Waals surface area contributed by atoms with E-state index >= 15 is 0 Å². The van der Waals surface area contributed by atoms with Gasteiger partial charge >= 0.3 is 5.69 Å². The second-order valence-electron chi connectivity index (χ2n) is 4.09. The number of nitrogens with zero attached hydrogens (tertiary/aromatic N) is 4. The minimum absolute atomic E-state index is 0.0000954. The van der Waals surface area contributed by atoms with Crippen LogP contribution in [0.4, 0.5) is 23.1 Å². The van der Waals surface area contributed by atoms with Crippen molar-refractivity contribution in [2.45, 2.75) is 6.92 Å². The summed E-state index contributed by atoms with van der Waals surface area (Å²) in [5.41, 5.74) is 7.16. The summed E-state index contributed by atoms with van der Waals surface area (Å²) in [7, 11) is 1.70. The lowest BCUT2D eigenvalue weighted by Crippen LogP contribution is -2.15. The fourth-order valence-corrected chi connectivity index (χ4v) is 1.71. The van der Waals surface area contributed by atoms with Gasteiger partial charge in [-0.15, -0.1) is 0 Å². The van der Waals surface area contributed by atoms with Gasteiger partial charge in [0.1, 0.15) is 6.20 Å². The molecule has 19 heavy (non-hydrogen) atoms. The minimum Gasteiger partial charge on any atom is -0.368 e. The summed E-state index contributed by atoms with van der Waals surface area (Å²) in [6, 6.07) is 7.56. The molecule has 0 bridgehead atoms. The lowest BCUT2D eigenvalue weighted by Gasteiger charge is -2.18. The van der Waals surface area contributed by atoms with E-state index < -0.39 is 4.92 Å². The van der Waals surface area contributed by atoms with Gasteiger partial charge in [-0.05, 0) is 24.6 Å². The van der Waals surface area contributed by atoms with Gasteiger partial charge in [-0.1, -0.05) is 12.1 Å². The standard InChI is InChI=1S/C12H13N5O2/c1-8-4-3-5-9(6-8)16(2)11-10(17(18)19)7-14-12(13)15-11/h3-7H,1-2H3,(H2,13,14,15). The van der Waals surface area contributed by atoms with Crippen molar-refractivity contribution in [2.24, 2.45) is 0 Å². The van der Waals surface area contributed by atoms with Crippen LogP contribution in [0.1, 0.15) is 5.56 Å². The molecule has 0 saturated heterocycles. The van der Waals surface area contributed by atoms with Gasteiger partial charge in [0.2, 0.25) is 11.8 Å². The fraction of sp³-hybridized carbons (Fsp3) is 0.167. The van der Waals surface area contributed by atoms with Gasteiger partial charge in [-0.3, -0.25) is 10.1 Å². The van der Waals surface area contributed by atoms with Crippen LogP contribution in [0.15, 0.2) is 30.5 Å². The molecule has 0 aliphatic carbocycles. The molecule has 0 amide bonds. The highest BCUT2D eigenvalue weighted by Gasteiger charge is 2.21. The van der Waals surface area contributed by atoms with Gasteiger partial charge < -0.3 is 10.6 Å². The summed E-state index contributed by atoms with van der Waals surface area (Å²) in [6.07, 6.45) is 1.12. The molecule has 7 heteroatoms. The van der Waals surface area contributed by atoms with Crippen molar-refractivity contribution in [2.75, 3.05) is 17.7 Å². The van der Waals surface area contributed by atoms with E-state index in [2.05, 4.69) is 9.97 Å². The van der Waals surface area contributed by atoms with Crippen LogP contribution in [0.25, 0.3) is 0 Å². The van der Waals surface area contributed by atoms with Crippen molar-refractivity contribution in [3.63, 3.8) is 0 Å². The van der Waals surface area contributed by atoms with E-state index in [0.29, 0.717) is 0 Å². The van der Waals surface area contributed by atoms with Crippen LogP contribution in [0, 0.1) is 17.0 Å². The van der Waals surface area contributed by atoms with Crippen molar-refractivity contribution in [3.8, 4) is 0 Å². The highest BCUT2D eigenvalue weighted by Crippen LogP contribution is 2.30. The van der Waals surface area contributed by atoms with Crippen molar-refractivity contribution in [1.82, 2.24) is 9.97 Å². The zero-order valence-corrected chi connectivity index (χ0v) is 10.6. The molecule has 0 saturated carbocycles. The highest BCUT2D eigenvalue weighted by atomic mass is 16.6. The Bertz CT molecular complexity index is 629. The first-order valence-electron chi connectivity index (χ1n) is 5.56. The van der Waals surface area contributed by atoms with Crippen LogP contribution in [0.2, 0.25) is 0 Å². The first-order chi connectivity index (χ1) is 8.99. The number of nitrogens with two attached hydrogens (primary N) is 1. The molecule has 0 aliphatic heterocycles. The Morgan fingerprint density at radius 1 is 1.42 bits per heavy atom. The average Bonchev–Trinajstić information content (AvgIpc) is 2.37. The fourth-order valence-electron chi connectivity index (χ4n) is 1.71. The molecule has 0 aliphatic rings. The summed E-state index contributed by atoms with van der Waals surface area (Å²) in [6.45, 7) is 1.94. The van der Waals surface area contributed by atoms with Crippen molar-refractivity contribution >= 4 is 23.1 Å². The summed E-state index contributed by atoms with van der Waals surface area (Å²) in [5, 5.41) is 11.0.